The Kier molecular flexibility index (Phi) is 6.67. The lowest BCUT2D eigenvalue weighted by molar-refractivity contribution is -0.137. The highest BCUT2D eigenvalue weighted by Crippen LogP contribution is 2.29. The molecule has 3 aromatic rings. The summed E-state index contributed by atoms with van der Waals surface area (Å²) in [6, 6.07) is 15.3. The number of hydrogen-bond donors (Lipinski definition) is 0. The Hall–Kier alpha value is -2.71. The van der Waals surface area contributed by atoms with Crippen LogP contribution in [0.15, 0.2) is 59.1 Å². The Bertz CT molecular complexity index is 975. The predicted octanol–water partition coefficient (Wildman–Crippen LogP) is 4.86. The second-order valence-electron chi connectivity index (χ2n) is 7.78. The van der Waals surface area contributed by atoms with Crippen molar-refractivity contribution in [1.29, 1.82) is 0 Å². The standard InChI is InChI=1S/C23H24F3N3O2/c24-23(25,26)19-9-4-8-18(12-19)13-21-27-22(31-28-21)15-29-11-5-10-20(14-29)30-16-17-6-2-1-3-7-17/h1-4,6-9,12,20H,5,10-11,13-16H2/t20-/m0/s1. The van der Waals surface area contributed by atoms with Crippen molar-refractivity contribution in [3.05, 3.63) is 83.0 Å². The highest BCUT2D eigenvalue weighted by Gasteiger charge is 2.30. The topological polar surface area (TPSA) is 51.4 Å². The molecule has 2 heterocycles. The maximum absolute atomic E-state index is 12.9. The lowest BCUT2D eigenvalue weighted by Gasteiger charge is -2.31. The van der Waals surface area contributed by atoms with Crippen LogP contribution in [0.2, 0.25) is 0 Å². The molecule has 0 bridgehead atoms. The molecule has 31 heavy (non-hydrogen) atoms. The van der Waals surface area contributed by atoms with Gasteiger partial charge in [0, 0.05) is 13.0 Å². The van der Waals surface area contributed by atoms with Gasteiger partial charge in [-0.1, -0.05) is 53.7 Å². The fourth-order valence-corrected chi connectivity index (χ4v) is 3.74. The van der Waals surface area contributed by atoms with Gasteiger partial charge in [0.05, 0.1) is 24.8 Å². The quantitative estimate of drug-likeness (QED) is 0.535. The normalized spacial score (nSPS) is 17.7. The van der Waals surface area contributed by atoms with Crippen molar-refractivity contribution in [1.82, 2.24) is 15.0 Å². The molecule has 0 unspecified atom stereocenters. The van der Waals surface area contributed by atoms with Crippen LogP contribution < -0.4 is 0 Å². The largest absolute Gasteiger partial charge is 0.416 e. The van der Waals surface area contributed by atoms with Gasteiger partial charge < -0.3 is 9.26 Å². The van der Waals surface area contributed by atoms with Crippen molar-refractivity contribution in [2.75, 3.05) is 13.1 Å². The number of likely N-dealkylation sites (tertiary alicyclic amines) is 1. The molecular weight excluding hydrogens is 407 g/mol. The van der Waals surface area contributed by atoms with Crippen molar-refractivity contribution in [3.8, 4) is 0 Å². The van der Waals surface area contributed by atoms with Crippen molar-refractivity contribution in [2.45, 2.75) is 44.7 Å². The number of aromatic nitrogens is 2. The average molecular weight is 431 g/mol. The van der Waals surface area contributed by atoms with E-state index in [1.54, 1.807) is 6.07 Å². The van der Waals surface area contributed by atoms with E-state index in [1.807, 2.05) is 30.3 Å². The molecule has 4 rings (SSSR count). The molecule has 164 valence electrons. The van der Waals surface area contributed by atoms with Crippen LogP contribution in [0, 0.1) is 0 Å². The van der Waals surface area contributed by atoms with Gasteiger partial charge in [-0.15, -0.1) is 0 Å². The highest BCUT2D eigenvalue weighted by molar-refractivity contribution is 5.27. The van der Waals surface area contributed by atoms with Crippen LogP contribution in [0.25, 0.3) is 0 Å². The van der Waals surface area contributed by atoms with E-state index in [1.165, 1.54) is 6.07 Å². The van der Waals surface area contributed by atoms with Crippen LogP contribution in [-0.2, 0) is 30.5 Å². The van der Waals surface area contributed by atoms with Crippen molar-refractivity contribution >= 4 is 0 Å². The molecule has 0 N–H and O–H groups in total. The first-order valence-electron chi connectivity index (χ1n) is 10.3. The van der Waals surface area contributed by atoms with Crippen LogP contribution in [0.4, 0.5) is 13.2 Å². The number of rotatable bonds is 7. The number of nitrogens with zero attached hydrogens (tertiary/aromatic N) is 3. The van der Waals surface area contributed by atoms with E-state index in [0.29, 0.717) is 30.4 Å². The molecule has 1 atom stereocenters. The maximum Gasteiger partial charge on any atom is 0.416 e. The minimum absolute atomic E-state index is 0.140. The number of hydrogen-bond acceptors (Lipinski definition) is 5. The lowest BCUT2D eigenvalue weighted by atomic mass is 10.1. The summed E-state index contributed by atoms with van der Waals surface area (Å²) >= 11 is 0. The molecular formula is C23H24F3N3O2. The summed E-state index contributed by atoms with van der Waals surface area (Å²) in [5.74, 6) is 0.842. The number of benzene rings is 2. The van der Waals surface area contributed by atoms with Crippen LogP contribution >= 0.6 is 0 Å². The summed E-state index contributed by atoms with van der Waals surface area (Å²) in [7, 11) is 0. The third kappa shape index (κ3) is 6.15. The minimum Gasteiger partial charge on any atom is -0.372 e. The first-order chi connectivity index (χ1) is 15.0. The fraction of sp³-hybridized carbons (Fsp3) is 0.391. The summed E-state index contributed by atoms with van der Waals surface area (Å²) in [6.45, 7) is 2.77. The van der Waals surface area contributed by atoms with Crippen molar-refractivity contribution in [2.24, 2.45) is 0 Å². The molecule has 1 aromatic heterocycles. The molecule has 1 fully saturated rings. The second kappa shape index (κ2) is 9.62. The molecule has 1 aliphatic heterocycles. The summed E-state index contributed by atoms with van der Waals surface area (Å²) in [5, 5.41) is 3.94. The summed E-state index contributed by atoms with van der Waals surface area (Å²) in [5.41, 5.74) is 0.967. The summed E-state index contributed by atoms with van der Waals surface area (Å²) < 4.78 is 50.1. The smallest absolute Gasteiger partial charge is 0.372 e. The van der Waals surface area contributed by atoms with Crippen LogP contribution in [0.1, 0.15) is 41.2 Å². The van der Waals surface area contributed by atoms with E-state index in [2.05, 4.69) is 15.0 Å². The van der Waals surface area contributed by atoms with Crippen LogP contribution in [0.3, 0.4) is 0 Å². The number of ether oxygens (including phenoxy) is 1. The highest BCUT2D eigenvalue weighted by atomic mass is 19.4. The molecule has 0 amide bonds. The van der Waals surface area contributed by atoms with Gasteiger partial charge >= 0.3 is 6.18 Å². The first-order valence-corrected chi connectivity index (χ1v) is 10.3. The molecule has 5 nitrogen and oxygen atoms in total. The average Bonchev–Trinajstić information content (AvgIpc) is 3.19. The number of halogens is 3. The zero-order chi connectivity index (χ0) is 21.7. The Morgan fingerprint density at radius 3 is 2.68 bits per heavy atom. The van der Waals surface area contributed by atoms with Crippen LogP contribution in [-0.4, -0.2) is 34.2 Å². The van der Waals surface area contributed by atoms with Gasteiger partial charge in [0.2, 0.25) is 5.89 Å². The van der Waals surface area contributed by atoms with Gasteiger partial charge in [0.15, 0.2) is 5.82 Å². The molecule has 0 aliphatic carbocycles. The Labute approximate surface area is 178 Å². The third-order valence-corrected chi connectivity index (χ3v) is 5.28. The molecule has 2 aromatic carbocycles. The minimum atomic E-state index is -4.37. The van der Waals surface area contributed by atoms with Crippen LogP contribution in [0.5, 0.6) is 0 Å². The third-order valence-electron chi connectivity index (χ3n) is 5.28. The summed E-state index contributed by atoms with van der Waals surface area (Å²) in [4.78, 5) is 6.58. The van der Waals surface area contributed by atoms with Gasteiger partial charge in [-0.25, -0.2) is 0 Å². The predicted molar refractivity (Wildman–Crippen MR) is 108 cm³/mol. The first kappa shape index (κ1) is 21.5. The molecule has 0 spiro atoms. The lowest BCUT2D eigenvalue weighted by Crippen LogP contribution is -2.39. The van der Waals surface area contributed by atoms with Gasteiger partial charge in [-0.3, -0.25) is 4.90 Å². The second-order valence-corrected chi connectivity index (χ2v) is 7.78. The zero-order valence-electron chi connectivity index (χ0n) is 17.0. The number of alkyl halides is 3. The SMILES string of the molecule is FC(F)(F)c1cccc(Cc2noc(CN3CCC[C@H](OCc4ccccc4)C3)n2)c1. The van der Waals surface area contributed by atoms with Crippen molar-refractivity contribution in [3.63, 3.8) is 0 Å². The Morgan fingerprint density at radius 2 is 1.87 bits per heavy atom. The van der Waals surface area contributed by atoms with E-state index in [9.17, 15) is 13.2 Å². The Morgan fingerprint density at radius 1 is 1.06 bits per heavy atom. The maximum atomic E-state index is 12.9. The van der Waals surface area contributed by atoms with Gasteiger partial charge in [-0.2, -0.15) is 18.2 Å². The molecule has 1 aliphatic rings. The molecule has 8 heteroatoms. The molecule has 0 radical (unpaired) electrons. The van der Waals surface area contributed by atoms with Gasteiger partial charge in [-0.05, 0) is 36.6 Å². The zero-order valence-corrected chi connectivity index (χ0v) is 17.0. The molecule has 0 saturated carbocycles. The monoisotopic (exact) mass is 431 g/mol. The van der Waals surface area contributed by atoms with Gasteiger partial charge in [0.25, 0.3) is 0 Å². The fourth-order valence-electron chi connectivity index (χ4n) is 3.74. The van der Waals surface area contributed by atoms with E-state index in [-0.39, 0.29) is 12.5 Å². The van der Waals surface area contributed by atoms with E-state index in [4.69, 9.17) is 9.26 Å². The van der Waals surface area contributed by atoms with E-state index >= 15 is 0 Å². The molecule has 1 saturated heterocycles. The van der Waals surface area contributed by atoms with E-state index in [0.717, 1.165) is 43.6 Å². The summed E-state index contributed by atoms with van der Waals surface area (Å²) in [6.07, 6.45) is -2.01. The van der Waals surface area contributed by atoms with Crippen molar-refractivity contribution < 1.29 is 22.4 Å². The van der Waals surface area contributed by atoms with E-state index < -0.39 is 11.7 Å². The Balaban J connectivity index is 1.30. The van der Waals surface area contributed by atoms with Gasteiger partial charge in [0.1, 0.15) is 0 Å². The number of piperidine rings is 1.